The van der Waals surface area contributed by atoms with Crippen LogP contribution in [0.1, 0.15) is 30.4 Å². The zero-order chi connectivity index (χ0) is 11.4. The predicted octanol–water partition coefficient (Wildman–Crippen LogP) is 2.95. The van der Waals surface area contributed by atoms with E-state index in [-0.39, 0.29) is 32.7 Å². The summed E-state index contributed by atoms with van der Waals surface area (Å²) in [7, 11) is 0. The Hall–Kier alpha value is -0.206. The summed E-state index contributed by atoms with van der Waals surface area (Å²) in [6, 6.07) is 8.45. The van der Waals surface area contributed by atoms with Gasteiger partial charge in [0.15, 0.2) is 0 Å². The average Bonchev–Trinajstić information content (AvgIpc) is 2.36. The monoisotopic (exact) mass is 303 g/mol. The molecule has 1 aromatic rings. The fraction of sp³-hybridized carbons (Fsp3) is 0.357. The standard InChI is InChI=1S/C14H18N2.Y/c1-3-11(4-2)9-14-13-8-6-5-7-12(13)10-15-16-14;/h5-8,11,15H,1-4,9-10H2;/q-2;. The van der Waals surface area contributed by atoms with Crippen molar-refractivity contribution in [3.8, 4) is 0 Å². The maximum absolute atomic E-state index is 4.42. The summed E-state index contributed by atoms with van der Waals surface area (Å²) in [6.07, 6.45) is 2.81. The van der Waals surface area contributed by atoms with Crippen LogP contribution in [0.2, 0.25) is 0 Å². The number of nitrogens with zero attached hydrogens (tertiary/aromatic N) is 1. The van der Waals surface area contributed by atoms with Crippen LogP contribution in [0.4, 0.5) is 0 Å². The SMILES string of the molecule is [CH2-]CC(C[CH2-])CC1=NNCc2ccccc21.[Y]. The van der Waals surface area contributed by atoms with Crippen LogP contribution in [-0.2, 0) is 39.3 Å². The summed E-state index contributed by atoms with van der Waals surface area (Å²) in [5.74, 6) is 0.534. The van der Waals surface area contributed by atoms with Crippen molar-refractivity contribution in [1.82, 2.24) is 5.43 Å². The molecular weight excluding hydrogens is 285 g/mol. The molecule has 1 radical (unpaired) electrons. The van der Waals surface area contributed by atoms with Crippen LogP contribution in [0.5, 0.6) is 0 Å². The molecule has 1 aliphatic rings. The Bertz CT molecular complexity index is 384. The molecule has 2 rings (SSSR count). The quantitative estimate of drug-likeness (QED) is 0.850. The van der Waals surface area contributed by atoms with Crippen LogP contribution in [0.25, 0.3) is 0 Å². The van der Waals surface area contributed by atoms with Gasteiger partial charge in [0.2, 0.25) is 0 Å². The summed E-state index contributed by atoms with van der Waals surface area (Å²) in [6.45, 7) is 8.76. The molecule has 0 atom stereocenters. The Morgan fingerprint density at radius 3 is 2.65 bits per heavy atom. The van der Waals surface area contributed by atoms with Crippen molar-refractivity contribution in [2.75, 3.05) is 0 Å². The van der Waals surface area contributed by atoms with Crippen molar-refractivity contribution in [1.29, 1.82) is 0 Å². The van der Waals surface area contributed by atoms with Gasteiger partial charge in [-0.25, -0.2) is 0 Å². The van der Waals surface area contributed by atoms with Crippen molar-refractivity contribution in [2.45, 2.75) is 25.8 Å². The Kier molecular flexibility index (Phi) is 6.36. The Balaban J connectivity index is 0.00000144. The molecule has 3 heteroatoms. The number of benzene rings is 1. The first-order chi connectivity index (χ1) is 7.85. The molecule has 1 N–H and O–H groups in total. The topological polar surface area (TPSA) is 24.4 Å². The van der Waals surface area contributed by atoms with Crippen LogP contribution < -0.4 is 5.43 Å². The number of hydrazone groups is 1. The predicted molar refractivity (Wildman–Crippen MR) is 67.9 cm³/mol. The molecule has 0 aromatic heterocycles. The van der Waals surface area contributed by atoms with Crippen LogP contribution in [0, 0.1) is 19.8 Å². The van der Waals surface area contributed by atoms with Gasteiger partial charge in [0.25, 0.3) is 0 Å². The van der Waals surface area contributed by atoms with Gasteiger partial charge in [-0.1, -0.05) is 30.2 Å². The molecule has 0 unspecified atom stereocenters. The molecule has 17 heavy (non-hydrogen) atoms. The second-order valence-corrected chi connectivity index (χ2v) is 4.20. The largest absolute Gasteiger partial charge is 0.343 e. The summed E-state index contributed by atoms with van der Waals surface area (Å²) < 4.78 is 0. The van der Waals surface area contributed by atoms with Crippen molar-refractivity contribution in [2.24, 2.45) is 11.0 Å². The minimum Gasteiger partial charge on any atom is -0.343 e. The van der Waals surface area contributed by atoms with Crippen LogP contribution in [0.15, 0.2) is 29.4 Å². The first-order valence-corrected chi connectivity index (χ1v) is 5.81. The van der Waals surface area contributed by atoms with Gasteiger partial charge in [-0.15, -0.1) is 0 Å². The molecule has 1 heterocycles. The fourth-order valence-corrected chi connectivity index (χ4v) is 2.01. The van der Waals surface area contributed by atoms with E-state index >= 15 is 0 Å². The smallest absolute Gasteiger partial charge is 0.0679 e. The second kappa shape index (κ2) is 7.28. The van der Waals surface area contributed by atoms with E-state index in [1.54, 1.807) is 0 Å². The van der Waals surface area contributed by atoms with Gasteiger partial charge in [-0.3, -0.25) is 0 Å². The Morgan fingerprint density at radius 2 is 1.94 bits per heavy atom. The normalized spacial score (nSPS) is 13.5. The first kappa shape index (κ1) is 14.9. The average molecular weight is 303 g/mol. The molecule has 0 saturated heterocycles. The van der Waals surface area contributed by atoms with E-state index in [4.69, 9.17) is 0 Å². The minimum atomic E-state index is 0. The molecule has 0 amide bonds. The third-order valence-corrected chi connectivity index (χ3v) is 3.11. The van der Waals surface area contributed by atoms with Crippen molar-refractivity contribution in [3.63, 3.8) is 0 Å². The van der Waals surface area contributed by atoms with E-state index in [9.17, 15) is 0 Å². The molecule has 0 fully saturated rings. The van der Waals surface area contributed by atoms with Gasteiger partial charge >= 0.3 is 0 Å². The molecule has 0 aliphatic carbocycles. The zero-order valence-corrected chi connectivity index (χ0v) is 13.0. The molecule has 0 spiro atoms. The van der Waals surface area contributed by atoms with Crippen LogP contribution >= 0.6 is 0 Å². The van der Waals surface area contributed by atoms with E-state index < -0.39 is 0 Å². The van der Waals surface area contributed by atoms with E-state index in [2.05, 4.69) is 48.6 Å². The van der Waals surface area contributed by atoms with Crippen molar-refractivity contribution >= 4 is 5.71 Å². The first-order valence-electron chi connectivity index (χ1n) is 5.81. The molecule has 1 aromatic carbocycles. The maximum atomic E-state index is 4.42. The molecule has 0 saturated carbocycles. The molecule has 2 nitrogen and oxygen atoms in total. The number of fused-ring (bicyclic) bond motifs is 1. The Morgan fingerprint density at radius 1 is 1.24 bits per heavy atom. The fourth-order valence-electron chi connectivity index (χ4n) is 2.01. The molecule has 1 aliphatic heterocycles. The van der Waals surface area contributed by atoms with Crippen LogP contribution in [-0.4, -0.2) is 5.71 Å². The van der Waals surface area contributed by atoms with Gasteiger partial charge < -0.3 is 19.3 Å². The van der Waals surface area contributed by atoms with E-state index in [1.165, 1.54) is 11.1 Å². The zero-order valence-electron chi connectivity index (χ0n) is 10.2. The van der Waals surface area contributed by atoms with E-state index in [0.29, 0.717) is 5.92 Å². The second-order valence-electron chi connectivity index (χ2n) is 4.20. The maximum Gasteiger partial charge on any atom is 0.0679 e. The van der Waals surface area contributed by atoms with Gasteiger partial charge in [-0.05, 0) is 12.0 Å². The van der Waals surface area contributed by atoms with Gasteiger partial charge in [0, 0.05) is 38.3 Å². The van der Waals surface area contributed by atoms with E-state index in [1.807, 2.05) is 0 Å². The summed E-state index contributed by atoms with van der Waals surface area (Å²) in [5, 5.41) is 4.42. The van der Waals surface area contributed by atoms with E-state index in [0.717, 1.165) is 31.5 Å². The van der Waals surface area contributed by atoms with Gasteiger partial charge in [0.05, 0.1) is 12.3 Å². The minimum absolute atomic E-state index is 0. The number of hydrogen-bond acceptors (Lipinski definition) is 2. The number of hydrogen-bond donors (Lipinski definition) is 1. The Labute approximate surface area is 129 Å². The van der Waals surface area contributed by atoms with Crippen molar-refractivity contribution in [3.05, 3.63) is 49.2 Å². The third kappa shape index (κ3) is 3.62. The summed E-state index contributed by atoms with van der Waals surface area (Å²) in [4.78, 5) is 0. The molecular formula is C14H18N2Y-2. The number of rotatable bonds is 4. The summed E-state index contributed by atoms with van der Waals surface area (Å²) >= 11 is 0. The third-order valence-electron chi connectivity index (χ3n) is 3.11. The van der Waals surface area contributed by atoms with Gasteiger partial charge in [0.1, 0.15) is 0 Å². The molecule has 0 bridgehead atoms. The van der Waals surface area contributed by atoms with Gasteiger partial charge in [-0.2, -0.15) is 17.9 Å². The van der Waals surface area contributed by atoms with Crippen molar-refractivity contribution < 1.29 is 32.7 Å². The summed E-state index contributed by atoms with van der Waals surface area (Å²) in [5.41, 5.74) is 6.86. The van der Waals surface area contributed by atoms with Crippen LogP contribution in [0.3, 0.4) is 0 Å². The molecule has 89 valence electrons. The number of nitrogens with one attached hydrogen (secondary N) is 1.